The van der Waals surface area contributed by atoms with Crippen LogP contribution in [0.5, 0.6) is 0 Å². The number of rotatable bonds is 4. The first kappa shape index (κ1) is 17.3. The summed E-state index contributed by atoms with van der Waals surface area (Å²) in [5, 5.41) is 3.97. The van der Waals surface area contributed by atoms with Crippen LogP contribution in [-0.2, 0) is 6.54 Å². The zero-order chi connectivity index (χ0) is 14.7. The monoisotopic (exact) mass is 356 g/mol. The Hall–Kier alpha value is -1.73. The maximum absolute atomic E-state index is 12.5. The predicted molar refractivity (Wildman–Crippen MR) is 85.2 cm³/mol. The van der Waals surface area contributed by atoms with Crippen LogP contribution >= 0.6 is 15.9 Å². The van der Waals surface area contributed by atoms with Crippen LogP contribution in [0.1, 0.15) is 13.0 Å². The number of halogens is 2. The molecule has 0 unspecified atom stereocenters. The van der Waals surface area contributed by atoms with Gasteiger partial charge in [-0.15, -0.1) is 0 Å². The van der Waals surface area contributed by atoms with Crippen molar-refractivity contribution >= 4 is 15.9 Å². The Morgan fingerprint density at radius 1 is 1.52 bits per heavy atom. The van der Waals surface area contributed by atoms with E-state index in [2.05, 4.69) is 21.0 Å². The summed E-state index contributed by atoms with van der Waals surface area (Å²) >= 11 is 3.41. The van der Waals surface area contributed by atoms with E-state index in [0.29, 0.717) is 17.6 Å². The summed E-state index contributed by atoms with van der Waals surface area (Å²) in [6.07, 6.45) is 1.83. The molecule has 7 heteroatoms. The third-order valence-corrected chi connectivity index (χ3v) is 3.81. The predicted octanol–water partition coefficient (Wildman–Crippen LogP) is 2.55. The van der Waals surface area contributed by atoms with Gasteiger partial charge in [-0.05, 0) is 36.3 Å². The molecule has 0 aliphatic heterocycles. The molecule has 21 heavy (non-hydrogen) atoms. The van der Waals surface area contributed by atoms with E-state index in [1.165, 1.54) is 15.6 Å². The maximum atomic E-state index is 12.5. The average molecular weight is 357 g/mol. The normalized spacial score (nSPS) is 11.3. The molecule has 0 fully saturated rings. The molecule has 0 spiro atoms. The van der Waals surface area contributed by atoms with Crippen molar-refractivity contribution in [3.8, 4) is 5.69 Å². The summed E-state index contributed by atoms with van der Waals surface area (Å²) in [6, 6.07) is 5.53. The van der Waals surface area contributed by atoms with Crippen molar-refractivity contribution in [3.05, 3.63) is 56.9 Å². The lowest BCUT2D eigenvalue weighted by Crippen LogP contribution is -2.26. The highest BCUT2D eigenvalue weighted by molar-refractivity contribution is 9.10. The van der Waals surface area contributed by atoms with E-state index >= 15 is 0 Å². The van der Waals surface area contributed by atoms with Crippen molar-refractivity contribution in [1.82, 2.24) is 14.3 Å². The standard InChI is InChI=1S/C13H14BrFN4O.CH4/c1-9-4-11(2-3-12(9)14)18-8-17-19(13(18)20)7-10(5-15)6-16;/h2-5,8H,6-7,16H2,1H3;1H4/b10-5-;. The maximum Gasteiger partial charge on any atom is 0.350 e. The number of nitrogens with two attached hydrogens (primary N) is 1. The smallest absolute Gasteiger partial charge is 0.327 e. The highest BCUT2D eigenvalue weighted by Gasteiger charge is 2.09. The lowest BCUT2D eigenvalue weighted by molar-refractivity contribution is 0.612. The van der Waals surface area contributed by atoms with Gasteiger partial charge in [0.15, 0.2) is 0 Å². The third-order valence-electron chi connectivity index (χ3n) is 2.92. The highest BCUT2D eigenvalue weighted by atomic mass is 79.9. The van der Waals surface area contributed by atoms with Crippen LogP contribution in [0.4, 0.5) is 4.39 Å². The molecular formula is C14H18BrFN4O. The van der Waals surface area contributed by atoms with Crippen LogP contribution in [0.15, 0.2) is 45.7 Å². The van der Waals surface area contributed by atoms with Gasteiger partial charge in [-0.1, -0.05) is 23.4 Å². The molecule has 1 aromatic carbocycles. The van der Waals surface area contributed by atoms with Crippen molar-refractivity contribution in [2.45, 2.75) is 20.9 Å². The van der Waals surface area contributed by atoms with Crippen LogP contribution in [0, 0.1) is 6.92 Å². The lowest BCUT2D eigenvalue weighted by atomic mass is 10.2. The molecule has 114 valence electrons. The van der Waals surface area contributed by atoms with Crippen LogP contribution in [0.2, 0.25) is 0 Å². The van der Waals surface area contributed by atoms with E-state index < -0.39 is 0 Å². The van der Waals surface area contributed by atoms with Crippen LogP contribution in [0.3, 0.4) is 0 Å². The van der Waals surface area contributed by atoms with E-state index in [-0.39, 0.29) is 26.2 Å². The summed E-state index contributed by atoms with van der Waals surface area (Å²) in [4.78, 5) is 12.2. The van der Waals surface area contributed by atoms with Crippen molar-refractivity contribution in [2.75, 3.05) is 6.54 Å². The van der Waals surface area contributed by atoms with Gasteiger partial charge in [0.05, 0.1) is 18.6 Å². The van der Waals surface area contributed by atoms with Crippen molar-refractivity contribution in [1.29, 1.82) is 0 Å². The van der Waals surface area contributed by atoms with E-state index in [9.17, 15) is 9.18 Å². The van der Waals surface area contributed by atoms with Crippen LogP contribution in [-0.4, -0.2) is 20.9 Å². The van der Waals surface area contributed by atoms with Gasteiger partial charge in [0.1, 0.15) is 6.33 Å². The summed E-state index contributed by atoms with van der Waals surface area (Å²) in [6.45, 7) is 2.03. The van der Waals surface area contributed by atoms with Crippen molar-refractivity contribution < 1.29 is 4.39 Å². The van der Waals surface area contributed by atoms with Gasteiger partial charge in [0, 0.05) is 11.0 Å². The first-order valence-corrected chi connectivity index (χ1v) is 6.75. The van der Waals surface area contributed by atoms with E-state index in [1.54, 1.807) is 6.07 Å². The first-order valence-electron chi connectivity index (χ1n) is 5.96. The van der Waals surface area contributed by atoms with Crippen molar-refractivity contribution in [3.63, 3.8) is 0 Å². The second kappa shape index (κ2) is 7.33. The Morgan fingerprint density at radius 3 is 2.81 bits per heavy atom. The molecule has 1 aromatic heterocycles. The zero-order valence-electron chi connectivity index (χ0n) is 10.9. The Balaban J connectivity index is 0.00000220. The second-order valence-corrected chi connectivity index (χ2v) is 5.20. The largest absolute Gasteiger partial charge is 0.350 e. The minimum atomic E-state index is -0.334. The lowest BCUT2D eigenvalue weighted by Gasteiger charge is -2.04. The molecule has 0 bridgehead atoms. The molecular weight excluding hydrogens is 339 g/mol. The summed E-state index contributed by atoms with van der Waals surface area (Å²) < 4.78 is 16.1. The minimum Gasteiger partial charge on any atom is -0.327 e. The Morgan fingerprint density at radius 2 is 2.24 bits per heavy atom. The molecule has 0 saturated carbocycles. The molecule has 2 rings (SSSR count). The zero-order valence-corrected chi connectivity index (χ0v) is 12.5. The van der Waals surface area contributed by atoms with E-state index in [1.807, 2.05) is 19.1 Å². The van der Waals surface area contributed by atoms with Crippen LogP contribution in [0.25, 0.3) is 5.69 Å². The fourth-order valence-electron chi connectivity index (χ4n) is 1.74. The average Bonchev–Trinajstić information content (AvgIpc) is 2.80. The molecule has 0 aliphatic rings. The number of aryl methyl sites for hydroxylation is 1. The SMILES string of the molecule is C.Cc1cc(-n2cnn(C/C(=C\F)CN)c2=O)ccc1Br. The van der Waals surface area contributed by atoms with Gasteiger partial charge in [-0.3, -0.25) is 0 Å². The molecule has 0 radical (unpaired) electrons. The molecule has 1 heterocycles. The number of hydrogen-bond donors (Lipinski definition) is 1. The van der Waals surface area contributed by atoms with Gasteiger partial charge in [0.25, 0.3) is 0 Å². The Labute approximate surface area is 131 Å². The summed E-state index contributed by atoms with van der Waals surface area (Å²) in [5.74, 6) is 0. The second-order valence-electron chi connectivity index (χ2n) is 4.35. The number of nitrogens with zero attached hydrogens (tertiary/aromatic N) is 3. The van der Waals surface area contributed by atoms with Gasteiger partial charge < -0.3 is 5.73 Å². The summed E-state index contributed by atoms with van der Waals surface area (Å²) in [5.41, 5.74) is 7.06. The number of hydrogen-bond acceptors (Lipinski definition) is 3. The topological polar surface area (TPSA) is 65.8 Å². The van der Waals surface area contributed by atoms with Crippen LogP contribution < -0.4 is 11.4 Å². The molecule has 0 atom stereocenters. The molecule has 5 nitrogen and oxygen atoms in total. The quantitative estimate of drug-likeness (QED) is 0.915. The molecule has 2 aromatic rings. The van der Waals surface area contributed by atoms with Gasteiger partial charge in [0.2, 0.25) is 0 Å². The first-order chi connectivity index (χ1) is 9.56. The Kier molecular flexibility index (Phi) is 6.04. The van der Waals surface area contributed by atoms with E-state index in [0.717, 1.165) is 10.0 Å². The fourth-order valence-corrected chi connectivity index (χ4v) is 1.98. The minimum absolute atomic E-state index is 0. The number of aromatic nitrogens is 3. The summed E-state index contributed by atoms with van der Waals surface area (Å²) in [7, 11) is 0. The highest BCUT2D eigenvalue weighted by Crippen LogP contribution is 2.18. The molecule has 0 aliphatic carbocycles. The van der Waals surface area contributed by atoms with Crippen molar-refractivity contribution in [2.24, 2.45) is 5.73 Å². The van der Waals surface area contributed by atoms with E-state index in [4.69, 9.17) is 5.73 Å². The molecule has 2 N–H and O–H groups in total. The molecule has 0 saturated heterocycles. The molecule has 0 amide bonds. The fraction of sp³-hybridized carbons (Fsp3) is 0.286. The third kappa shape index (κ3) is 3.68. The number of benzene rings is 1. The van der Waals surface area contributed by atoms with Gasteiger partial charge in [-0.25, -0.2) is 18.4 Å². The van der Waals surface area contributed by atoms with Gasteiger partial charge in [-0.2, -0.15) is 5.10 Å². The van der Waals surface area contributed by atoms with Gasteiger partial charge >= 0.3 is 5.69 Å². The Bertz CT molecular complexity index is 705.